The number of phenolic OH excluding ortho intramolecular Hbond substituents is 1. The summed E-state index contributed by atoms with van der Waals surface area (Å²) >= 11 is 1.48. The molecule has 0 unspecified atom stereocenters. The molecule has 0 aliphatic heterocycles. The minimum Gasteiger partial charge on any atom is -0.506 e. The first-order valence-electron chi connectivity index (χ1n) is 5.64. The lowest BCUT2D eigenvalue weighted by atomic mass is 10.2. The lowest BCUT2D eigenvalue weighted by Crippen LogP contribution is -2.35. The van der Waals surface area contributed by atoms with Crippen LogP contribution in [0.25, 0.3) is 10.9 Å². The summed E-state index contributed by atoms with van der Waals surface area (Å²) in [7, 11) is 0. The topological polar surface area (TPSA) is 75.1 Å². The van der Waals surface area contributed by atoms with E-state index in [1.807, 2.05) is 17.5 Å². The van der Waals surface area contributed by atoms with Gasteiger partial charge in [-0.3, -0.25) is 9.36 Å². The molecule has 5 nitrogen and oxygen atoms in total. The maximum absolute atomic E-state index is 12.3. The van der Waals surface area contributed by atoms with Crippen molar-refractivity contribution in [2.24, 2.45) is 0 Å². The van der Waals surface area contributed by atoms with Crippen LogP contribution in [0.2, 0.25) is 0 Å². The largest absolute Gasteiger partial charge is 0.506 e. The molecule has 0 bridgehead atoms. The Hall–Kier alpha value is -2.34. The van der Waals surface area contributed by atoms with Crippen LogP contribution in [0.15, 0.2) is 45.3 Å². The first kappa shape index (κ1) is 11.7. The van der Waals surface area contributed by atoms with Crippen LogP contribution in [0.4, 0.5) is 0 Å². The number of H-pyrrole nitrogens is 1. The Kier molecular flexibility index (Phi) is 2.72. The molecule has 0 saturated carbocycles. The Morgan fingerprint density at radius 2 is 2.05 bits per heavy atom. The molecule has 0 aliphatic rings. The van der Waals surface area contributed by atoms with Gasteiger partial charge in [-0.25, -0.2) is 4.79 Å². The van der Waals surface area contributed by atoms with E-state index in [1.54, 1.807) is 12.1 Å². The molecule has 3 aromatic rings. The number of nitrogens with one attached hydrogen (secondary N) is 1. The van der Waals surface area contributed by atoms with Crippen molar-refractivity contribution in [1.29, 1.82) is 0 Å². The molecule has 2 N–H and O–H groups in total. The highest BCUT2D eigenvalue weighted by Crippen LogP contribution is 2.18. The van der Waals surface area contributed by atoms with Crippen molar-refractivity contribution in [2.45, 2.75) is 6.54 Å². The van der Waals surface area contributed by atoms with Crippen LogP contribution in [0.5, 0.6) is 5.75 Å². The Morgan fingerprint density at radius 1 is 1.21 bits per heavy atom. The molecule has 0 saturated heterocycles. The molecule has 0 fully saturated rings. The molecule has 2 heterocycles. The van der Waals surface area contributed by atoms with Crippen LogP contribution >= 0.6 is 11.3 Å². The van der Waals surface area contributed by atoms with E-state index in [0.717, 1.165) is 9.44 Å². The highest BCUT2D eigenvalue weighted by Gasteiger charge is 2.10. The van der Waals surface area contributed by atoms with Crippen molar-refractivity contribution in [2.75, 3.05) is 0 Å². The van der Waals surface area contributed by atoms with Gasteiger partial charge in [-0.2, -0.15) is 0 Å². The summed E-state index contributed by atoms with van der Waals surface area (Å²) in [6.07, 6.45) is 0. The van der Waals surface area contributed by atoms with Crippen LogP contribution < -0.4 is 11.2 Å². The molecular formula is C13H10N2O3S. The number of hydrogen-bond donors (Lipinski definition) is 2. The predicted molar refractivity (Wildman–Crippen MR) is 73.9 cm³/mol. The fraction of sp³-hybridized carbons (Fsp3) is 0.0769. The van der Waals surface area contributed by atoms with Gasteiger partial charge >= 0.3 is 5.69 Å². The number of aromatic hydroxyl groups is 1. The highest BCUT2D eigenvalue weighted by molar-refractivity contribution is 7.09. The average Bonchev–Trinajstić information content (AvgIpc) is 2.89. The Bertz CT molecular complexity index is 846. The molecule has 0 radical (unpaired) electrons. The van der Waals surface area contributed by atoms with Gasteiger partial charge < -0.3 is 10.1 Å². The molecule has 1 aromatic carbocycles. The van der Waals surface area contributed by atoms with Crippen LogP contribution in [-0.2, 0) is 6.54 Å². The first-order valence-corrected chi connectivity index (χ1v) is 6.52. The van der Waals surface area contributed by atoms with Gasteiger partial charge in [0.25, 0.3) is 5.56 Å². The fourth-order valence-electron chi connectivity index (χ4n) is 1.96. The van der Waals surface area contributed by atoms with Crippen molar-refractivity contribution in [3.8, 4) is 5.75 Å². The van der Waals surface area contributed by atoms with E-state index in [9.17, 15) is 14.7 Å². The van der Waals surface area contributed by atoms with Crippen LogP contribution in [0.3, 0.4) is 0 Å². The molecular weight excluding hydrogens is 264 g/mol. The standard InChI is InChI=1S/C13H10N2O3S/c16-10-5-1-4-9-11(10)14-13(18)15(12(9)17)7-8-3-2-6-19-8/h1-6,16H,7H2,(H,14,18). The number of aromatic nitrogens is 2. The van der Waals surface area contributed by atoms with Crippen LogP contribution in [-0.4, -0.2) is 14.7 Å². The number of hydrogen-bond acceptors (Lipinski definition) is 4. The number of para-hydroxylation sites is 1. The molecule has 0 amide bonds. The van der Waals surface area contributed by atoms with Crippen molar-refractivity contribution in [1.82, 2.24) is 9.55 Å². The van der Waals surface area contributed by atoms with E-state index < -0.39 is 11.2 Å². The molecule has 0 atom stereocenters. The van der Waals surface area contributed by atoms with Crippen LogP contribution in [0.1, 0.15) is 4.88 Å². The summed E-state index contributed by atoms with van der Waals surface area (Å²) < 4.78 is 1.13. The van der Waals surface area contributed by atoms with Gasteiger partial charge in [-0.1, -0.05) is 12.1 Å². The zero-order valence-electron chi connectivity index (χ0n) is 9.79. The van der Waals surface area contributed by atoms with E-state index in [4.69, 9.17) is 0 Å². The minimum atomic E-state index is -0.521. The lowest BCUT2D eigenvalue weighted by Gasteiger charge is -2.05. The number of fused-ring (bicyclic) bond motifs is 1. The monoisotopic (exact) mass is 274 g/mol. The molecule has 0 aliphatic carbocycles. The Morgan fingerprint density at radius 3 is 2.79 bits per heavy atom. The summed E-state index contributed by atoms with van der Waals surface area (Å²) in [5, 5.41) is 11.8. The summed E-state index contributed by atoms with van der Waals surface area (Å²) in [5.41, 5.74) is -0.740. The van der Waals surface area contributed by atoms with Gasteiger partial charge in [-0.05, 0) is 23.6 Å². The van der Waals surface area contributed by atoms with Gasteiger partial charge in [0.15, 0.2) is 0 Å². The number of rotatable bonds is 2. The first-order chi connectivity index (χ1) is 9.16. The number of thiophene rings is 1. The molecule has 96 valence electrons. The number of benzene rings is 1. The maximum Gasteiger partial charge on any atom is 0.329 e. The quantitative estimate of drug-likeness (QED) is 0.743. The second-order valence-electron chi connectivity index (χ2n) is 4.10. The predicted octanol–water partition coefficient (Wildman–Crippen LogP) is 1.51. The summed E-state index contributed by atoms with van der Waals surface area (Å²) in [6.45, 7) is 0.234. The lowest BCUT2D eigenvalue weighted by molar-refractivity contribution is 0.479. The normalized spacial score (nSPS) is 10.9. The van der Waals surface area contributed by atoms with Crippen molar-refractivity contribution >= 4 is 22.2 Å². The summed E-state index contributed by atoms with van der Waals surface area (Å²) in [5.74, 6) is -0.102. The summed E-state index contributed by atoms with van der Waals surface area (Å²) in [6, 6.07) is 8.32. The molecule has 0 spiro atoms. The van der Waals surface area contributed by atoms with Crippen molar-refractivity contribution in [3.63, 3.8) is 0 Å². The van der Waals surface area contributed by atoms with Gasteiger partial charge in [0.1, 0.15) is 5.75 Å². The van der Waals surface area contributed by atoms with E-state index in [-0.39, 0.29) is 17.8 Å². The average molecular weight is 274 g/mol. The summed E-state index contributed by atoms with van der Waals surface area (Å²) in [4.78, 5) is 27.7. The maximum atomic E-state index is 12.3. The van der Waals surface area contributed by atoms with E-state index in [2.05, 4.69) is 4.98 Å². The van der Waals surface area contributed by atoms with Gasteiger partial charge in [0.2, 0.25) is 0 Å². The molecule has 3 rings (SSSR count). The Labute approximate surface area is 111 Å². The SMILES string of the molecule is O=c1[nH]c2c(O)cccc2c(=O)n1Cc1cccs1. The van der Waals surface area contributed by atoms with Gasteiger partial charge in [-0.15, -0.1) is 11.3 Å². The molecule has 19 heavy (non-hydrogen) atoms. The van der Waals surface area contributed by atoms with Crippen LogP contribution in [0, 0.1) is 0 Å². The molecule has 2 aromatic heterocycles. The third kappa shape index (κ3) is 1.96. The Balaban J connectivity index is 2.27. The van der Waals surface area contributed by atoms with Gasteiger partial charge in [0.05, 0.1) is 17.4 Å². The van der Waals surface area contributed by atoms with Crippen molar-refractivity contribution < 1.29 is 5.11 Å². The number of nitrogens with zero attached hydrogens (tertiary/aromatic N) is 1. The van der Waals surface area contributed by atoms with E-state index in [1.165, 1.54) is 17.4 Å². The number of phenols is 1. The minimum absolute atomic E-state index is 0.102. The second-order valence-corrected chi connectivity index (χ2v) is 5.13. The van der Waals surface area contributed by atoms with Crippen molar-refractivity contribution in [3.05, 3.63) is 61.4 Å². The van der Waals surface area contributed by atoms with E-state index in [0.29, 0.717) is 5.39 Å². The van der Waals surface area contributed by atoms with Gasteiger partial charge in [0, 0.05) is 4.88 Å². The highest BCUT2D eigenvalue weighted by atomic mass is 32.1. The smallest absolute Gasteiger partial charge is 0.329 e. The van der Waals surface area contributed by atoms with E-state index >= 15 is 0 Å². The third-order valence-electron chi connectivity index (χ3n) is 2.89. The fourth-order valence-corrected chi connectivity index (χ4v) is 2.66. The number of aromatic amines is 1. The second kappa shape index (κ2) is 4.40. The third-order valence-corrected chi connectivity index (χ3v) is 3.75. The zero-order valence-corrected chi connectivity index (χ0v) is 10.6. The molecule has 6 heteroatoms. The zero-order chi connectivity index (χ0) is 13.4.